The van der Waals surface area contributed by atoms with E-state index in [1.165, 1.54) is 4.90 Å². The van der Waals surface area contributed by atoms with Crippen LogP contribution in [0.4, 0.5) is 0 Å². The highest BCUT2D eigenvalue weighted by Gasteiger charge is 2.47. The number of hydrogen-bond acceptors (Lipinski definition) is 5. The molecule has 148 valence electrons. The lowest BCUT2D eigenvalue weighted by atomic mass is 9.81. The molecule has 6 heteroatoms. The zero-order valence-electron chi connectivity index (χ0n) is 15.9. The first kappa shape index (κ1) is 17.9. The van der Waals surface area contributed by atoms with Crippen molar-refractivity contribution in [2.45, 2.75) is 32.1 Å². The number of esters is 1. The van der Waals surface area contributed by atoms with Gasteiger partial charge < -0.3 is 9.15 Å². The van der Waals surface area contributed by atoms with E-state index in [0.29, 0.717) is 5.75 Å². The molecule has 2 amide bonds. The van der Waals surface area contributed by atoms with E-state index in [0.717, 1.165) is 47.6 Å². The number of benzene rings is 2. The van der Waals surface area contributed by atoms with Crippen molar-refractivity contribution in [1.82, 2.24) is 4.90 Å². The number of nitrogens with zero attached hydrogens (tertiary/aromatic N) is 1. The molecule has 5 rings (SSSR count). The van der Waals surface area contributed by atoms with Crippen LogP contribution in [-0.2, 0) is 14.4 Å². The topological polar surface area (TPSA) is 76.8 Å². The number of furan rings is 1. The van der Waals surface area contributed by atoms with E-state index in [-0.39, 0.29) is 36.6 Å². The first-order valence-corrected chi connectivity index (χ1v) is 10.1. The summed E-state index contributed by atoms with van der Waals surface area (Å²) in [6, 6.07) is 12.9. The molecule has 2 aromatic carbocycles. The summed E-state index contributed by atoms with van der Waals surface area (Å²) in [6.07, 6.45) is 3.51. The number of amides is 2. The van der Waals surface area contributed by atoms with Gasteiger partial charge in [0.2, 0.25) is 11.8 Å². The summed E-state index contributed by atoms with van der Waals surface area (Å²) in [4.78, 5) is 38.6. The second kappa shape index (κ2) is 7.03. The number of carbonyl (C=O) groups is 3. The highest BCUT2D eigenvalue weighted by atomic mass is 16.5. The van der Waals surface area contributed by atoms with Crippen LogP contribution in [0.15, 0.2) is 46.9 Å². The molecule has 1 saturated carbocycles. The van der Waals surface area contributed by atoms with E-state index in [1.54, 1.807) is 18.2 Å². The van der Waals surface area contributed by atoms with Crippen LogP contribution in [0, 0.1) is 11.8 Å². The van der Waals surface area contributed by atoms with Crippen molar-refractivity contribution in [3.63, 3.8) is 0 Å². The Balaban J connectivity index is 1.27. The maximum absolute atomic E-state index is 12.5. The minimum absolute atomic E-state index is 0.0128. The average Bonchev–Trinajstić information content (AvgIpc) is 3.22. The molecule has 0 radical (unpaired) electrons. The van der Waals surface area contributed by atoms with Gasteiger partial charge in [-0.15, -0.1) is 0 Å². The highest BCUT2D eigenvalue weighted by molar-refractivity contribution is 6.06. The van der Waals surface area contributed by atoms with Crippen molar-refractivity contribution >= 4 is 39.7 Å². The summed E-state index contributed by atoms with van der Waals surface area (Å²) in [5, 5.41) is 1.83. The molecular formula is C23H21NO5. The normalized spacial score (nSPS) is 21.7. The largest absolute Gasteiger partial charge is 0.456 e. The van der Waals surface area contributed by atoms with Crippen molar-refractivity contribution in [3.05, 3.63) is 42.5 Å². The smallest absolute Gasteiger partial charge is 0.312 e. The maximum Gasteiger partial charge on any atom is 0.312 e. The molecule has 2 atom stereocenters. The number of imide groups is 1. The van der Waals surface area contributed by atoms with Gasteiger partial charge >= 0.3 is 5.97 Å². The van der Waals surface area contributed by atoms with E-state index < -0.39 is 5.97 Å². The first-order chi connectivity index (χ1) is 14.1. The Morgan fingerprint density at radius 2 is 1.66 bits per heavy atom. The second-order valence-corrected chi connectivity index (χ2v) is 7.81. The molecule has 1 saturated heterocycles. The molecule has 2 heterocycles. The van der Waals surface area contributed by atoms with Gasteiger partial charge in [-0.1, -0.05) is 31.0 Å². The minimum atomic E-state index is -0.465. The first-order valence-electron chi connectivity index (χ1n) is 10.1. The predicted molar refractivity (Wildman–Crippen MR) is 106 cm³/mol. The molecule has 0 N–H and O–H groups in total. The Hall–Kier alpha value is -3.15. The molecular weight excluding hydrogens is 370 g/mol. The van der Waals surface area contributed by atoms with Crippen LogP contribution in [0.5, 0.6) is 5.75 Å². The average molecular weight is 391 g/mol. The summed E-state index contributed by atoms with van der Waals surface area (Å²) in [7, 11) is 0. The van der Waals surface area contributed by atoms with Crippen LogP contribution < -0.4 is 4.74 Å². The number of fused-ring (bicyclic) bond motifs is 4. The Bertz CT molecular complexity index is 1110. The lowest BCUT2D eigenvalue weighted by molar-refractivity contribution is -0.141. The van der Waals surface area contributed by atoms with Crippen LogP contribution in [0.1, 0.15) is 32.1 Å². The highest BCUT2D eigenvalue weighted by Crippen LogP contribution is 2.38. The molecule has 2 unspecified atom stereocenters. The van der Waals surface area contributed by atoms with Crippen molar-refractivity contribution in [1.29, 1.82) is 0 Å². The number of likely N-dealkylation sites (tertiary alicyclic amines) is 1. The van der Waals surface area contributed by atoms with Gasteiger partial charge in [-0.25, -0.2) is 0 Å². The zero-order valence-corrected chi connectivity index (χ0v) is 15.9. The summed E-state index contributed by atoms with van der Waals surface area (Å²) >= 11 is 0. The summed E-state index contributed by atoms with van der Waals surface area (Å²) < 4.78 is 11.2. The fourth-order valence-corrected chi connectivity index (χ4v) is 4.61. The quantitative estimate of drug-likeness (QED) is 0.381. The summed E-state index contributed by atoms with van der Waals surface area (Å²) in [6.45, 7) is 0.0837. The van der Waals surface area contributed by atoms with Crippen molar-refractivity contribution in [2.75, 3.05) is 6.54 Å². The van der Waals surface area contributed by atoms with Gasteiger partial charge in [-0.2, -0.15) is 0 Å². The van der Waals surface area contributed by atoms with Gasteiger partial charge in [-0.3, -0.25) is 19.3 Å². The van der Waals surface area contributed by atoms with Crippen LogP contribution in [0.2, 0.25) is 0 Å². The van der Waals surface area contributed by atoms with Crippen molar-refractivity contribution in [2.24, 2.45) is 11.8 Å². The van der Waals surface area contributed by atoms with Gasteiger partial charge in [0.1, 0.15) is 16.9 Å². The Morgan fingerprint density at radius 1 is 0.966 bits per heavy atom. The van der Waals surface area contributed by atoms with E-state index in [2.05, 4.69) is 0 Å². The van der Waals surface area contributed by atoms with Crippen LogP contribution in [-0.4, -0.2) is 29.2 Å². The number of rotatable bonds is 4. The SMILES string of the molecule is O=C(CCN1C(=O)C2CCCCC2C1=O)Oc1ccc2oc3ccccc3c2c1. The minimum Gasteiger partial charge on any atom is -0.456 e. The second-order valence-electron chi connectivity index (χ2n) is 7.81. The van der Waals surface area contributed by atoms with Crippen molar-refractivity contribution < 1.29 is 23.5 Å². The monoisotopic (exact) mass is 391 g/mol. The Kier molecular flexibility index (Phi) is 4.34. The molecule has 3 aromatic rings. The molecule has 1 aromatic heterocycles. The van der Waals surface area contributed by atoms with E-state index >= 15 is 0 Å². The summed E-state index contributed by atoms with van der Waals surface area (Å²) in [5.41, 5.74) is 1.50. The number of para-hydroxylation sites is 1. The van der Waals surface area contributed by atoms with Gasteiger partial charge in [0, 0.05) is 17.3 Å². The zero-order chi connectivity index (χ0) is 20.0. The van der Waals surface area contributed by atoms with Crippen LogP contribution in [0.3, 0.4) is 0 Å². The third-order valence-electron chi connectivity index (χ3n) is 6.05. The molecule has 1 aliphatic carbocycles. The molecule has 6 nitrogen and oxygen atoms in total. The van der Waals surface area contributed by atoms with Gasteiger partial charge in [-0.05, 0) is 37.1 Å². The fourth-order valence-electron chi connectivity index (χ4n) is 4.61. The molecule has 29 heavy (non-hydrogen) atoms. The third kappa shape index (κ3) is 3.09. The molecule has 2 aliphatic rings. The van der Waals surface area contributed by atoms with E-state index in [9.17, 15) is 14.4 Å². The fraction of sp³-hybridized carbons (Fsp3) is 0.348. The predicted octanol–water partition coefficient (Wildman–Crippen LogP) is 4.06. The molecule has 2 fully saturated rings. The number of hydrogen-bond donors (Lipinski definition) is 0. The van der Waals surface area contributed by atoms with Gasteiger partial charge in [0.25, 0.3) is 0 Å². The lowest BCUT2D eigenvalue weighted by Gasteiger charge is -2.19. The summed E-state index contributed by atoms with van der Waals surface area (Å²) in [5.74, 6) is -0.680. The molecule has 1 aliphatic heterocycles. The van der Waals surface area contributed by atoms with Gasteiger partial charge in [0.15, 0.2) is 0 Å². The molecule has 0 spiro atoms. The van der Waals surface area contributed by atoms with Crippen molar-refractivity contribution in [3.8, 4) is 5.75 Å². The van der Waals surface area contributed by atoms with Crippen LogP contribution in [0.25, 0.3) is 21.9 Å². The third-order valence-corrected chi connectivity index (χ3v) is 6.05. The number of ether oxygens (including phenoxy) is 1. The Morgan fingerprint density at radius 3 is 2.41 bits per heavy atom. The van der Waals surface area contributed by atoms with Gasteiger partial charge in [0.05, 0.1) is 18.3 Å². The van der Waals surface area contributed by atoms with Crippen LogP contribution >= 0.6 is 0 Å². The standard InChI is InChI=1S/C23H21NO5/c25-21(11-12-24-22(26)16-6-1-2-7-17(16)23(24)27)28-14-9-10-20-18(13-14)15-5-3-4-8-19(15)29-20/h3-5,8-10,13,16-17H,1-2,6-7,11-12H2. The maximum atomic E-state index is 12.5. The van der Waals surface area contributed by atoms with E-state index in [4.69, 9.17) is 9.15 Å². The lowest BCUT2D eigenvalue weighted by Crippen LogP contribution is -2.33. The van der Waals surface area contributed by atoms with E-state index in [1.807, 2.05) is 24.3 Å². The molecule has 0 bridgehead atoms. The number of carbonyl (C=O) groups excluding carboxylic acids is 3. The Labute approximate surface area is 167 Å².